The molecule has 6 heteroatoms. The molecule has 1 N–H and O–H groups in total. The minimum Gasteiger partial charge on any atom is -0.458 e. The van der Waals surface area contributed by atoms with Crippen molar-refractivity contribution >= 4 is 46.1 Å². The third kappa shape index (κ3) is 3.45. The highest BCUT2D eigenvalue weighted by molar-refractivity contribution is 14.1. The molecule has 1 aliphatic heterocycles. The number of carbonyl (C=O) groups excluding carboxylic acids is 2. The van der Waals surface area contributed by atoms with Gasteiger partial charge in [0.2, 0.25) is 5.91 Å². The number of hydrogen-bond donors (Lipinski definition) is 1. The first-order valence-corrected chi connectivity index (χ1v) is 5.66. The van der Waals surface area contributed by atoms with Crippen molar-refractivity contribution in [2.24, 2.45) is 0 Å². The quantitative estimate of drug-likeness (QED) is 0.628. The van der Waals surface area contributed by atoms with E-state index in [1.165, 1.54) is 0 Å². The Kier molecular flexibility index (Phi) is 4.67. The van der Waals surface area contributed by atoms with Crippen LogP contribution in [-0.4, -0.2) is 24.5 Å². The van der Waals surface area contributed by atoms with Gasteiger partial charge in [-0.2, -0.15) is 0 Å². The first-order valence-electron chi connectivity index (χ1n) is 4.04. The fraction of sp³-hybridized carbons (Fsp3) is 0.500. The van der Waals surface area contributed by atoms with E-state index in [1.807, 2.05) is 22.6 Å². The van der Waals surface area contributed by atoms with Crippen LogP contribution in [0, 0.1) is 0 Å². The summed E-state index contributed by atoms with van der Waals surface area (Å²) in [5.41, 5.74) is 0. The van der Waals surface area contributed by atoms with Crippen LogP contribution in [0.2, 0.25) is 0 Å². The predicted octanol–water partition coefficient (Wildman–Crippen LogP) is 1.32. The van der Waals surface area contributed by atoms with Gasteiger partial charge in [-0.05, 0) is 10.5 Å². The summed E-state index contributed by atoms with van der Waals surface area (Å²) in [7, 11) is 0. The van der Waals surface area contributed by atoms with Crippen LogP contribution < -0.4 is 5.32 Å². The zero-order chi connectivity index (χ0) is 10.6. The lowest BCUT2D eigenvalue weighted by Gasteiger charge is -2.08. The number of amides is 1. The second kappa shape index (κ2) is 5.55. The Morgan fingerprint density at radius 3 is 3.00 bits per heavy atom. The van der Waals surface area contributed by atoms with Gasteiger partial charge in [0, 0.05) is 6.42 Å². The Labute approximate surface area is 100 Å². The summed E-state index contributed by atoms with van der Waals surface area (Å²) in [5, 5.41) is 2.98. The SMILES string of the molecule is O=C1CCC(C(=O)OC/C(Cl)=C\I)N1. The highest BCUT2D eigenvalue weighted by Crippen LogP contribution is 2.10. The Morgan fingerprint density at radius 1 is 1.79 bits per heavy atom. The summed E-state index contributed by atoms with van der Waals surface area (Å²) in [4.78, 5) is 22.1. The van der Waals surface area contributed by atoms with Crippen molar-refractivity contribution in [1.82, 2.24) is 5.32 Å². The molecule has 0 bridgehead atoms. The van der Waals surface area contributed by atoms with E-state index < -0.39 is 12.0 Å². The number of rotatable bonds is 3. The molecule has 1 saturated heterocycles. The van der Waals surface area contributed by atoms with Gasteiger partial charge < -0.3 is 10.1 Å². The number of ether oxygens (including phenoxy) is 1. The molecule has 0 spiro atoms. The largest absolute Gasteiger partial charge is 0.458 e. The second-order valence-corrected chi connectivity index (χ2v) is 3.93. The minimum atomic E-state index is -0.499. The van der Waals surface area contributed by atoms with Gasteiger partial charge in [0.15, 0.2) is 0 Å². The standard InChI is InChI=1S/C8H9ClINO3/c9-5(3-10)4-14-8(13)6-1-2-7(12)11-6/h3,6H,1-2,4H2,(H,11,12)/b5-3+. The molecule has 1 heterocycles. The second-order valence-electron chi connectivity index (χ2n) is 2.82. The van der Waals surface area contributed by atoms with E-state index in [0.717, 1.165) is 0 Å². The van der Waals surface area contributed by atoms with Gasteiger partial charge in [-0.25, -0.2) is 4.79 Å². The summed E-state index contributed by atoms with van der Waals surface area (Å²) < 4.78 is 6.49. The normalized spacial score (nSPS) is 22.0. The van der Waals surface area contributed by atoms with Crippen molar-refractivity contribution in [2.45, 2.75) is 18.9 Å². The highest BCUT2D eigenvalue weighted by Gasteiger charge is 2.28. The van der Waals surface area contributed by atoms with Gasteiger partial charge in [0.1, 0.15) is 12.6 Å². The lowest BCUT2D eigenvalue weighted by Crippen LogP contribution is -2.34. The van der Waals surface area contributed by atoms with E-state index in [-0.39, 0.29) is 12.5 Å². The topological polar surface area (TPSA) is 55.4 Å². The highest BCUT2D eigenvalue weighted by atomic mass is 127. The van der Waals surface area contributed by atoms with E-state index in [9.17, 15) is 9.59 Å². The van der Waals surface area contributed by atoms with Crippen LogP contribution in [0.5, 0.6) is 0 Å². The van der Waals surface area contributed by atoms with E-state index in [1.54, 1.807) is 4.08 Å². The zero-order valence-corrected chi connectivity index (χ0v) is 10.2. The summed E-state index contributed by atoms with van der Waals surface area (Å²) in [5.74, 6) is -0.533. The molecule has 1 fully saturated rings. The molecule has 0 aliphatic carbocycles. The molecule has 14 heavy (non-hydrogen) atoms. The fourth-order valence-electron chi connectivity index (χ4n) is 1.06. The van der Waals surface area contributed by atoms with Gasteiger partial charge in [0.05, 0.1) is 5.03 Å². The fourth-order valence-corrected chi connectivity index (χ4v) is 1.30. The monoisotopic (exact) mass is 329 g/mol. The van der Waals surface area contributed by atoms with Gasteiger partial charge in [-0.15, -0.1) is 0 Å². The summed E-state index contributed by atoms with van der Waals surface area (Å²) >= 11 is 7.59. The summed E-state index contributed by atoms with van der Waals surface area (Å²) in [6.07, 6.45) is 0.888. The summed E-state index contributed by atoms with van der Waals surface area (Å²) in [6, 6.07) is -0.499. The van der Waals surface area contributed by atoms with E-state index in [0.29, 0.717) is 17.9 Å². The van der Waals surface area contributed by atoms with Gasteiger partial charge in [-0.3, -0.25) is 4.79 Å². The van der Waals surface area contributed by atoms with E-state index in [4.69, 9.17) is 16.3 Å². The van der Waals surface area contributed by atoms with Crippen LogP contribution in [0.15, 0.2) is 9.12 Å². The molecule has 1 aliphatic rings. The van der Waals surface area contributed by atoms with Crippen molar-refractivity contribution in [3.63, 3.8) is 0 Å². The molecule has 1 rings (SSSR count). The van der Waals surface area contributed by atoms with Crippen LogP contribution in [-0.2, 0) is 14.3 Å². The zero-order valence-electron chi connectivity index (χ0n) is 7.26. The number of nitrogens with one attached hydrogen (secondary N) is 1. The lowest BCUT2D eigenvalue weighted by molar-refractivity contribution is -0.145. The molecule has 1 unspecified atom stereocenters. The van der Waals surface area contributed by atoms with Crippen LogP contribution in [0.25, 0.3) is 0 Å². The molecule has 78 valence electrons. The number of carbonyl (C=O) groups is 2. The van der Waals surface area contributed by atoms with Crippen LogP contribution >= 0.6 is 34.2 Å². The van der Waals surface area contributed by atoms with E-state index >= 15 is 0 Å². The van der Waals surface area contributed by atoms with Crippen molar-refractivity contribution in [3.05, 3.63) is 9.12 Å². The minimum absolute atomic E-state index is 0.0652. The molecule has 0 radical (unpaired) electrons. The summed E-state index contributed by atoms with van der Waals surface area (Å²) in [6.45, 7) is 0.0652. The molecule has 0 aromatic heterocycles. The smallest absolute Gasteiger partial charge is 0.329 e. The first-order chi connectivity index (χ1) is 6.63. The van der Waals surface area contributed by atoms with Gasteiger partial charge in [0.25, 0.3) is 0 Å². The first kappa shape index (κ1) is 11.8. The Bertz CT molecular complexity index is 280. The average molecular weight is 330 g/mol. The average Bonchev–Trinajstić information content (AvgIpc) is 2.60. The number of hydrogen-bond acceptors (Lipinski definition) is 3. The molecular formula is C8H9ClINO3. The molecule has 1 amide bonds. The van der Waals surface area contributed by atoms with Crippen molar-refractivity contribution in [2.75, 3.05) is 6.61 Å². The van der Waals surface area contributed by atoms with Crippen molar-refractivity contribution < 1.29 is 14.3 Å². The molecular weight excluding hydrogens is 320 g/mol. The molecule has 0 aromatic carbocycles. The number of esters is 1. The van der Waals surface area contributed by atoms with Crippen LogP contribution in [0.3, 0.4) is 0 Å². The molecule has 1 atom stereocenters. The predicted molar refractivity (Wildman–Crippen MR) is 60.1 cm³/mol. The Hall–Kier alpha value is -0.300. The Balaban J connectivity index is 2.32. The lowest BCUT2D eigenvalue weighted by atomic mass is 10.2. The van der Waals surface area contributed by atoms with Crippen molar-refractivity contribution in [1.29, 1.82) is 0 Å². The maximum Gasteiger partial charge on any atom is 0.329 e. The van der Waals surface area contributed by atoms with E-state index in [2.05, 4.69) is 5.32 Å². The van der Waals surface area contributed by atoms with Crippen LogP contribution in [0.4, 0.5) is 0 Å². The molecule has 4 nitrogen and oxygen atoms in total. The van der Waals surface area contributed by atoms with Crippen LogP contribution in [0.1, 0.15) is 12.8 Å². The third-order valence-electron chi connectivity index (χ3n) is 1.75. The number of halogens is 2. The van der Waals surface area contributed by atoms with Gasteiger partial charge >= 0.3 is 5.97 Å². The van der Waals surface area contributed by atoms with Crippen molar-refractivity contribution in [3.8, 4) is 0 Å². The Morgan fingerprint density at radius 2 is 2.50 bits per heavy atom. The molecule has 0 aromatic rings. The maximum absolute atomic E-state index is 11.3. The molecule has 0 saturated carbocycles. The van der Waals surface area contributed by atoms with Gasteiger partial charge in [-0.1, -0.05) is 34.2 Å². The third-order valence-corrected chi connectivity index (χ3v) is 3.09. The maximum atomic E-state index is 11.3.